The van der Waals surface area contributed by atoms with Gasteiger partial charge in [-0.2, -0.15) is 0 Å². The summed E-state index contributed by atoms with van der Waals surface area (Å²) in [6, 6.07) is 20.8. The molecule has 4 aromatic rings. The number of hydrogen-bond acceptors (Lipinski definition) is 3. The monoisotopic (exact) mass is 587 g/mol. The van der Waals surface area contributed by atoms with Gasteiger partial charge in [-0.1, -0.05) is 43.6 Å². The summed E-state index contributed by atoms with van der Waals surface area (Å²) in [4.78, 5) is 9.23. The smallest absolute Gasteiger partial charge is 0.174 e. The molecule has 41 heavy (non-hydrogen) atoms. The summed E-state index contributed by atoms with van der Waals surface area (Å²) in [5.41, 5.74) is 6.33. The van der Waals surface area contributed by atoms with Gasteiger partial charge in [0.1, 0.15) is 5.82 Å². The Morgan fingerprint density at radius 1 is 0.951 bits per heavy atom. The van der Waals surface area contributed by atoms with Gasteiger partial charge in [-0.3, -0.25) is 4.98 Å². The Bertz CT molecular complexity index is 1580. The van der Waals surface area contributed by atoms with E-state index >= 15 is 0 Å². The molecule has 0 amide bonds. The van der Waals surface area contributed by atoms with Crippen LogP contribution >= 0.6 is 23.8 Å². The molecule has 0 radical (unpaired) electrons. The molecule has 0 bridgehead atoms. The number of benzene rings is 2. The molecule has 0 saturated carbocycles. The largest absolute Gasteiger partial charge is 0.370 e. The summed E-state index contributed by atoms with van der Waals surface area (Å²) in [5.74, 6) is 0.985. The highest BCUT2D eigenvalue weighted by Crippen LogP contribution is 2.45. The summed E-state index contributed by atoms with van der Waals surface area (Å²) in [6.45, 7) is 10.7. The normalized spacial score (nSPS) is 22.7. The van der Waals surface area contributed by atoms with E-state index in [2.05, 4.69) is 52.1 Å². The summed E-state index contributed by atoms with van der Waals surface area (Å²) in [6.07, 6.45) is 3.04. The van der Waals surface area contributed by atoms with Crippen molar-refractivity contribution in [3.05, 3.63) is 106 Å². The van der Waals surface area contributed by atoms with Crippen molar-refractivity contribution in [2.45, 2.75) is 46.2 Å². The number of anilines is 2. The first kappa shape index (κ1) is 27.7. The molecule has 5 nitrogen and oxygen atoms in total. The first-order valence-electron chi connectivity index (χ1n) is 14.2. The van der Waals surface area contributed by atoms with E-state index in [4.69, 9.17) is 23.8 Å². The molecule has 2 aromatic heterocycles. The molecule has 2 aliphatic heterocycles. The highest BCUT2D eigenvalue weighted by molar-refractivity contribution is 7.80. The molecule has 4 atom stereocenters. The summed E-state index contributed by atoms with van der Waals surface area (Å²) >= 11 is 13.0. The maximum absolute atomic E-state index is 15.0. The van der Waals surface area contributed by atoms with Crippen LogP contribution < -0.4 is 15.1 Å². The maximum atomic E-state index is 15.0. The van der Waals surface area contributed by atoms with Crippen molar-refractivity contribution in [3.8, 4) is 5.69 Å². The molecular formula is C33H35ClFN5S. The molecule has 8 heteroatoms. The molecule has 0 spiro atoms. The zero-order valence-corrected chi connectivity index (χ0v) is 25.4. The third-order valence-corrected chi connectivity index (χ3v) is 9.02. The Morgan fingerprint density at radius 3 is 2.37 bits per heavy atom. The lowest BCUT2D eigenvalue weighted by molar-refractivity contribution is 0.357. The van der Waals surface area contributed by atoms with E-state index in [-0.39, 0.29) is 17.9 Å². The predicted octanol–water partition coefficient (Wildman–Crippen LogP) is 7.94. The van der Waals surface area contributed by atoms with Crippen LogP contribution in [0.15, 0.2) is 72.9 Å². The lowest BCUT2D eigenvalue weighted by atomic mass is 9.91. The van der Waals surface area contributed by atoms with Crippen LogP contribution in [0.5, 0.6) is 0 Å². The van der Waals surface area contributed by atoms with Crippen LogP contribution in [0.3, 0.4) is 0 Å². The average Bonchev–Trinajstić information content (AvgIpc) is 3.43. The molecule has 4 heterocycles. The van der Waals surface area contributed by atoms with Gasteiger partial charge in [-0.15, -0.1) is 0 Å². The number of halogens is 2. The first-order chi connectivity index (χ1) is 19.7. The highest BCUT2D eigenvalue weighted by atomic mass is 35.5. The molecule has 2 fully saturated rings. The zero-order chi connectivity index (χ0) is 28.8. The highest BCUT2D eigenvalue weighted by Gasteiger charge is 2.42. The van der Waals surface area contributed by atoms with Gasteiger partial charge in [-0.25, -0.2) is 4.39 Å². The van der Waals surface area contributed by atoms with Crippen molar-refractivity contribution in [2.24, 2.45) is 11.8 Å². The minimum atomic E-state index is -0.261. The van der Waals surface area contributed by atoms with E-state index < -0.39 is 0 Å². The Balaban J connectivity index is 1.45. The number of aryl methyl sites for hydroxylation is 1. The number of rotatable bonds is 5. The topological polar surface area (TPSA) is 36.3 Å². The van der Waals surface area contributed by atoms with Gasteiger partial charge in [0.15, 0.2) is 5.11 Å². The molecule has 6 rings (SSSR count). The Hall–Kier alpha value is -3.42. The number of thiocarbonyl (C=S) groups is 1. The molecule has 2 aliphatic rings. The van der Waals surface area contributed by atoms with Gasteiger partial charge in [0.05, 0.1) is 34.2 Å². The Labute approximate surface area is 252 Å². The molecular weight excluding hydrogens is 553 g/mol. The van der Waals surface area contributed by atoms with Crippen LogP contribution in [-0.2, 0) is 0 Å². The Morgan fingerprint density at radius 2 is 1.68 bits per heavy atom. The molecule has 212 valence electrons. The number of piperidine rings is 1. The van der Waals surface area contributed by atoms with Crippen molar-refractivity contribution < 1.29 is 4.39 Å². The van der Waals surface area contributed by atoms with Gasteiger partial charge >= 0.3 is 0 Å². The maximum Gasteiger partial charge on any atom is 0.174 e. The van der Waals surface area contributed by atoms with Crippen LogP contribution in [0.4, 0.5) is 15.8 Å². The molecule has 2 aromatic carbocycles. The second-order valence-electron chi connectivity index (χ2n) is 11.6. The summed E-state index contributed by atoms with van der Waals surface area (Å²) in [5, 5.41) is 4.86. The average molecular weight is 588 g/mol. The van der Waals surface area contributed by atoms with Gasteiger partial charge in [0.2, 0.25) is 0 Å². The Kier molecular flexibility index (Phi) is 7.51. The molecule has 1 N–H and O–H groups in total. The van der Waals surface area contributed by atoms with Gasteiger partial charge in [-0.05, 0) is 98.4 Å². The number of hydrogen-bond donors (Lipinski definition) is 1. The lowest BCUT2D eigenvalue weighted by Gasteiger charge is -2.37. The van der Waals surface area contributed by atoms with Gasteiger partial charge < -0.3 is 19.7 Å². The number of aromatic nitrogens is 2. The fourth-order valence-electron chi connectivity index (χ4n) is 6.80. The van der Waals surface area contributed by atoms with Crippen molar-refractivity contribution in [1.82, 2.24) is 14.9 Å². The van der Waals surface area contributed by atoms with E-state index in [1.807, 2.05) is 54.8 Å². The van der Waals surface area contributed by atoms with E-state index in [1.165, 1.54) is 12.5 Å². The van der Waals surface area contributed by atoms with Crippen molar-refractivity contribution in [1.29, 1.82) is 0 Å². The van der Waals surface area contributed by atoms with Crippen molar-refractivity contribution in [2.75, 3.05) is 22.9 Å². The first-order valence-corrected chi connectivity index (χ1v) is 15.0. The van der Waals surface area contributed by atoms with Crippen LogP contribution in [0, 0.1) is 31.5 Å². The van der Waals surface area contributed by atoms with Crippen LogP contribution in [0.25, 0.3) is 5.69 Å². The van der Waals surface area contributed by atoms with Crippen molar-refractivity contribution in [3.63, 3.8) is 0 Å². The SMILES string of the molecule is Cc1cc([C@H]2[C@@H](c3ccccn3)NC(=S)N2c2ccc(N3C[C@H](C)C[C@H](C)C3)c(Cl)c2)c(C)n1-c1ccccc1F. The molecule has 2 saturated heterocycles. The van der Waals surface area contributed by atoms with Crippen LogP contribution in [0.1, 0.15) is 55.0 Å². The van der Waals surface area contributed by atoms with Crippen molar-refractivity contribution >= 4 is 40.3 Å². The third kappa shape index (κ3) is 5.10. The summed E-state index contributed by atoms with van der Waals surface area (Å²) < 4.78 is 16.9. The third-order valence-electron chi connectivity index (χ3n) is 8.40. The quantitative estimate of drug-likeness (QED) is 0.240. The van der Waals surface area contributed by atoms with E-state index in [1.54, 1.807) is 12.3 Å². The minimum absolute atomic E-state index is 0.208. The standard InChI is InChI=1S/C33H35ClFN5S/c1-20-15-21(2)19-38(18-20)29-13-12-24(17-26(29)34)40-32(31(37-33(40)41)28-10-7-8-14-36-28)25-16-22(3)39(23(25)4)30-11-6-5-9-27(30)35/h5-14,16-17,20-21,31-32H,15,18-19H2,1-4H3,(H,37,41)/t20-,21+,31-,32+/m1/s1. The number of nitrogens with zero attached hydrogens (tertiary/aromatic N) is 4. The van der Waals surface area contributed by atoms with E-state index in [0.29, 0.717) is 27.7 Å². The molecule has 0 aliphatic carbocycles. The number of para-hydroxylation sites is 1. The van der Waals surface area contributed by atoms with E-state index in [9.17, 15) is 4.39 Å². The fourth-order valence-corrected chi connectivity index (χ4v) is 7.44. The minimum Gasteiger partial charge on any atom is -0.370 e. The number of nitrogens with one attached hydrogen (secondary N) is 1. The van der Waals surface area contributed by atoms with Gasteiger partial charge in [0, 0.05) is 36.4 Å². The number of pyridine rings is 1. The fraction of sp³-hybridized carbons (Fsp3) is 0.333. The summed E-state index contributed by atoms with van der Waals surface area (Å²) in [7, 11) is 0. The predicted molar refractivity (Wildman–Crippen MR) is 170 cm³/mol. The second kappa shape index (κ2) is 11.1. The zero-order valence-electron chi connectivity index (χ0n) is 23.8. The van der Waals surface area contributed by atoms with Crippen LogP contribution in [0.2, 0.25) is 5.02 Å². The molecule has 0 unspecified atom stereocenters. The second-order valence-corrected chi connectivity index (χ2v) is 12.4. The van der Waals surface area contributed by atoms with E-state index in [0.717, 1.165) is 47.1 Å². The van der Waals surface area contributed by atoms with Gasteiger partial charge in [0.25, 0.3) is 0 Å². The lowest BCUT2D eigenvalue weighted by Crippen LogP contribution is -2.38. The van der Waals surface area contributed by atoms with Crippen LogP contribution in [-0.4, -0.2) is 27.8 Å².